The van der Waals surface area contributed by atoms with Gasteiger partial charge in [0.25, 0.3) is 5.91 Å². The third-order valence-electron chi connectivity index (χ3n) is 5.62. The number of aliphatic imine (C=N–C) groups is 1. The van der Waals surface area contributed by atoms with Gasteiger partial charge >= 0.3 is 0 Å². The lowest BCUT2D eigenvalue weighted by atomic mass is 9.89. The molecular formula is C23H32N2O4. The Morgan fingerprint density at radius 1 is 1.31 bits per heavy atom. The third kappa shape index (κ3) is 5.60. The second-order valence-electron chi connectivity index (χ2n) is 7.89. The molecule has 158 valence electrons. The van der Waals surface area contributed by atoms with Crippen molar-refractivity contribution in [1.82, 2.24) is 5.32 Å². The number of amides is 1. The predicted octanol–water partition coefficient (Wildman–Crippen LogP) is 3.24. The highest BCUT2D eigenvalue weighted by atomic mass is 16.5. The van der Waals surface area contributed by atoms with Crippen molar-refractivity contribution in [2.75, 3.05) is 26.4 Å². The molecule has 1 aliphatic heterocycles. The fourth-order valence-corrected chi connectivity index (χ4v) is 3.89. The summed E-state index contributed by atoms with van der Waals surface area (Å²) in [5.74, 6) is 1.68. The SMILES string of the molecule is C=CC[C@]1(C(=O)NCC2CCCCC2)COC(c2ccc(OCCCO)cc2)=N1. The zero-order valence-electron chi connectivity index (χ0n) is 17.1. The molecule has 0 unspecified atom stereocenters. The summed E-state index contributed by atoms with van der Waals surface area (Å²) in [6.07, 6.45) is 8.95. The predicted molar refractivity (Wildman–Crippen MR) is 113 cm³/mol. The molecule has 3 rings (SSSR count). The van der Waals surface area contributed by atoms with Gasteiger partial charge in [-0.25, -0.2) is 4.99 Å². The van der Waals surface area contributed by atoms with Gasteiger partial charge in [-0.2, -0.15) is 0 Å². The Labute approximate surface area is 173 Å². The van der Waals surface area contributed by atoms with Crippen molar-refractivity contribution >= 4 is 11.8 Å². The number of nitrogens with zero attached hydrogens (tertiary/aromatic N) is 1. The fourth-order valence-electron chi connectivity index (χ4n) is 3.89. The quantitative estimate of drug-likeness (QED) is 0.467. The number of rotatable bonds is 10. The van der Waals surface area contributed by atoms with Crippen LogP contribution in [-0.2, 0) is 9.53 Å². The first kappa shape index (κ1) is 21.4. The summed E-state index contributed by atoms with van der Waals surface area (Å²) in [7, 11) is 0. The zero-order valence-corrected chi connectivity index (χ0v) is 17.1. The van der Waals surface area contributed by atoms with Gasteiger partial charge in [0.05, 0.1) is 6.61 Å². The molecule has 0 aromatic heterocycles. The lowest BCUT2D eigenvalue weighted by molar-refractivity contribution is -0.126. The largest absolute Gasteiger partial charge is 0.494 e. The van der Waals surface area contributed by atoms with Gasteiger partial charge < -0.3 is 19.9 Å². The van der Waals surface area contributed by atoms with E-state index in [4.69, 9.17) is 14.6 Å². The molecule has 1 amide bonds. The molecule has 1 aromatic rings. The van der Waals surface area contributed by atoms with Gasteiger partial charge in [0, 0.05) is 31.6 Å². The maximum absolute atomic E-state index is 13.0. The van der Waals surface area contributed by atoms with Crippen molar-refractivity contribution in [3.63, 3.8) is 0 Å². The summed E-state index contributed by atoms with van der Waals surface area (Å²) in [6.45, 7) is 5.32. The first-order chi connectivity index (χ1) is 14.2. The molecule has 0 radical (unpaired) electrons. The number of hydrogen-bond donors (Lipinski definition) is 2. The summed E-state index contributed by atoms with van der Waals surface area (Å²) in [5, 5.41) is 11.9. The molecule has 29 heavy (non-hydrogen) atoms. The number of hydrogen-bond acceptors (Lipinski definition) is 5. The zero-order chi connectivity index (χ0) is 20.5. The van der Waals surface area contributed by atoms with Crippen molar-refractivity contribution in [3.05, 3.63) is 42.5 Å². The Balaban J connectivity index is 1.65. The van der Waals surface area contributed by atoms with E-state index in [9.17, 15) is 4.79 Å². The Morgan fingerprint density at radius 2 is 2.07 bits per heavy atom. The summed E-state index contributed by atoms with van der Waals surface area (Å²) in [6, 6.07) is 7.43. The lowest BCUT2D eigenvalue weighted by Gasteiger charge is -2.25. The van der Waals surface area contributed by atoms with E-state index >= 15 is 0 Å². The molecule has 6 heteroatoms. The maximum Gasteiger partial charge on any atom is 0.251 e. The second-order valence-corrected chi connectivity index (χ2v) is 7.89. The van der Waals surface area contributed by atoms with Crippen LogP contribution in [0, 0.1) is 5.92 Å². The number of benzene rings is 1. The van der Waals surface area contributed by atoms with E-state index in [1.807, 2.05) is 24.3 Å². The number of carbonyl (C=O) groups excluding carboxylic acids is 1. The highest BCUT2D eigenvalue weighted by Crippen LogP contribution is 2.28. The molecule has 0 saturated heterocycles. The highest BCUT2D eigenvalue weighted by Gasteiger charge is 2.43. The van der Waals surface area contributed by atoms with Crippen molar-refractivity contribution < 1.29 is 19.4 Å². The molecule has 1 aliphatic carbocycles. The molecule has 6 nitrogen and oxygen atoms in total. The summed E-state index contributed by atoms with van der Waals surface area (Å²) >= 11 is 0. The van der Waals surface area contributed by atoms with Gasteiger partial charge in [-0.1, -0.05) is 25.3 Å². The van der Waals surface area contributed by atoms with Crippen LogP contribution in [0.25, 0.3) is 0 Å². The smallest absolute Gasteiger partial charge is 0.251 e. The van der Waals surface area contributed by atoms with Crippen LogP contribution in [0.1, 0.15) is 50.5 Å². The van der Waals surface area contributed by atoms with Crippen LogP contribution in [0.4, 0.5) is 0 Å². The minimum Gasteiger partial charge on any atom is -0.494 e. The Morgan fingerprint density at radius 3 is 2.76 bits per heavy atom. The summed E-state index contributed by atoms with van der Waals surface area (Å²) < 4.78 is 11.4. The average Bonchev–Trinajstić information content (AvgIpc) is 3.19. The van der Waals surface area contributed by atoms with Crippen molar-refractivity contribution in [3.8, 4) is 5.75 Å². The second kappa shape index (κ2) is 10.4. The first-order valence-electron chi connectivity index (χ1n) is 10.6. The number of aliphatic hydroxyl groups excluding tert-OH is 1. The van der Waals surface area contributed by atoms with Crippen molar-refractivity contribution in [2.45, 2.75) is 50.5 Å². The highest BCUT2D eigenvalue weighted by molar-refractivity contribution is 6.00. The molecule has 0 bridgehead atoms. The summed E-state index contributed by atoms with van der Waals surface area (Å²) in [4.78, 5) is 17.7. The minimum absolute atomic E-state index is 0.0815. The van der Waals surface area contributed by atoms with Crippen molar-refractivity contribution in [2.24, 2.45) is 10.9 Å². The molecule has 1 fully saturated rings. The fraction of sp³-hybridized carbons (Fsp3) is 0.565. The van der Waals surface area contributed by atoms with Crippen LogP contribution < -0.4 is 10.1 Å². The van der Waals surface area contributed by atoms with Crippen LogP contribution in [-0.4, -0.2) is 48.8 Å². The van der Waals surface area contributed by atoms with Gasteiger partial charge in [0.1, 0.15) is 12.4 Å². The van der Waals surface area contributed by atoms with E-state index in [2.05, 4.69) is 16.9 Å². The van der Waals surface area contributed by atoms with Gasteiger partial charge in [0.15, 0.2) is 5.54 Å². The third-order valence-corrected chi connectivity index (χ3v) is 5.62. The average molecular weight is 401 g/mol. The van der Waals surface area contributed by atoms with E-state index in [0.717, 1.165) is 11.3 Å². The first-order valence-corrected chi connectivity index (χ1v) is 10.6. The number of nitrogens with one attached hydrogen (secondary N) is 1. The van der Waals surface area contributed by atoms with E-state index in [0.29, 0.717) is 37.8 Å². The Bertz CT molecular complexity index is 710. The lowest BCUT2D eigenvalue weighted by Crippen LogP contribution is -2.47. The van der Waals surface area contributed by atoms with Crippen LogP contribution in [0.2, 0.25) is 0 Å². The molecular weight excluding hydrogens is 368 g/mol. The van der Waals surface area contributed by atoms with Crippen LogP contribution in [0.3, 0.4) is 0 Å². The van der Waals surface area contributed by atoms with Crippen LogP contribution >= 0.6 is 0 Å². The Hall–Kier alpha value is -2.34. The van der Waals surface area contributed by atoms with E-state index < -0.39 is 5.54 Å². The number of aliphatic hydroxyl groups is 1. The van der Waals surface area contributed by atoms with Gasteiger partial charge in [0.2, 0.25) is 5.90 Å². The van der Waals surface area contributed by atoms with E-state index in [-0.39, 0.29) is 19.1 Å². The van der Waals surface area contributed by atoms with Crippen LogP contribution in [0.15, 0.2) is 41.9 Å². The molecule has 0 spiro atoms. The van der Waals surface area contributed by atoms with Gasteiger partial charge in [-0.05, 0) is 43.0 Å². The molecule has 1 aromatic carbocycles. The van der Waals surface area contributed by atoms with Crippen molar-refractivity contribution in [1.29, 1.82) is 0 Å². The standard InChI is InChI=1S/C23H32N2O4/c1-2-13-23(22(27)24-16-18-7-4-3-5-8-18)17-29-21(25-23)19-9-11-20(12-10-19)28-15-6-14-26/h2,9-12,18,26H,1,3-8,13-17H2,(H,24,27)/t23-/m1/s1. The monoisotopic (exact) mass is 400 g/mol. The normalized spacial score (nSPS) is 21.9. The minimum atomic E-state index is -0.942. The molecule has 2 N–H and O–H groups in total. The Kier molecular flexibility index (Phi) is 7.69. The molecule has 1 saturated carbocycles. The van der Waals surface area contributed by atoms with E-state index in [1.54, 1.807) is 6.08 Å². The summed E-state index contributed by atoms with van der Waals surface area (Å²) in [5.41, 5.74) is -0.132. The number of carbonyl (C=O) groups is 1. The van der Waals surface area contributed by atoms with E-state index in [1.165, 1.54) is 32.1 Å². The molecule has 2 aliphatic rings. The van der Waals surface area contributed by atoms with Gasteiger partial charge in [-0.15, -0.1) is 6.58 Å². The van der Waals surface area contributed by atoms with Crippen LogP contribution in [0.5, 0.6) is 5.75 Å². The molecule has 1 atom stereocenters. The molecule has 1 heterocycles. The van der Waals surface area contributed by atoms with Gasteiger partial charge in [-0.3, -0.25) is 4.79 Å². The number of ether oxygens (including phenoxy) is 2. The maximum atomic E-state index is 13.0. The topological polar surface area (TPSA) is 80.2 Å².